The Morgan fingerprint density at radius 2 is 1.80 bits per heavy atom. The first-order valence-corrected chi connectivity index (χ1v) is 7.17. The van der Waals surface area contributed by atoms with E-state index in [4.69, 9.17) is 17.4 Å². The first-order chi connectivity index (χ1) is 9.51. The highest BCUT2D eigenvalue weighted by molar-refractivity contribution is 6.31. The Morgan fingerprint density at radius 1 is 1.05 bits per heavy atom. The van der Waals surface area contributed by atoms with Gasteiger partial charge in [-0.25, -0.2) is 0 Å². The van der Waals surface area contributed by atoms with Crippen LogP contribution in [0.5, 0.6) is 0 Å². The van der Waals surface area contributed by atoms with Gasteiger partial charge in [0.05, 0.1) is 0 Å². The molecule has 2 aromatic rings. The molecule has 1 atom stereocenters. The number of nitrogens with two attached hydrogens (primary N) is 1. The van der Waals surface area contributed by atoms with Crippen LogP contribution in [-0.2, 0) is 6.42 Å². The van der Waals surface area contributed by atoms with Crippen LogP contribution < -0.4 is 11.3 Å². The molecular formula is C17H21ClN2. The van der Waals surface area contributed by atoms with Crippen LogP contribution >= 0.6 is 11.6 Å². The normalized spacial score (nSPS) is 12.4. The van der Waals surface area contributed by atoms with E-state index >= 15 is 0 Å². The highest BCUT2D eigenvalue weighted by Crippen LogP contribution is 2.24. The molecule has 0 aliphatic carbocycles. The molecule has 2 rings (SSSR count). The standard InChI is InChI=1S/C17H21ClN2/c1-11-4-5-12(2)15(8-11)10-17(20-19)14-6-7-16(18)13(3)9-14/h4-9,17,20H,10,19H2,1-3H3. The summed E-state index contributed by atoms with van der Waals surface area (Å²) in [7, 11) is 0. The number of hydrogen-bond donors (Lipinski definition) is 2. The van der Waals surface area contributed by atoms with Crippen LogP contribution in [0.1, 0.15) is 33.9 Å². The first-order valence-electron chi connectivity index (χ1n) is 6.79. The van der Waals surface area contributed by atoms with Crippen molar-refractivity contribution in [1.29, 1.82) is 0 Å². The van der Waals surface area contributed by atoms with E-state index in [1.165, 1.54) is 16.7 Å². The number of rotatable bonds is 4. The monoisotopic (exact) mass is 288 g/mol. The molecular weight excluding hydrogens is 268 g/mol. The third-order valence-electron chi connectivity index (χ3n) is 3.71. The van der Waals surface area contributed by atoms with Gasteiger partial charge in [0.2, 0.25) is 0 Å². The van der Waals surface area contributed by atoms with Crippen molar-refractivity contribution in [3.8, 4) is 0 Å². The fourth-order valence-corrected chi connectivity index (χ4v) is 2.52. The summed E-state index contributed by atoms with van der Waals surface area (Å²) in [6.07, 6.45) is 0.866. The van der Waals surface area contributed by atoms with E-state index in [-0.39, 0.29) is 6.04 Å². The molecule has 0 aromatic heterocycles. The Hall–Kier alpha value is -1.35. The lowest BCUT2D eigenvalue weighted by molar-refractivity contribution is 0.550. The molecule has 20 heavy (non-hydrogen) atoms. The zero-order chi connectivity index (χ0) is 14.7. The van der Waals surface area contributed by atoms with Gasteiger partial charge in [-0.3, -0.25) is 11.3 Å². The number of hydrazine groups is 1. The third kappa shape index (κ3) is 3.40. The summed E-state index contributed by atoms with van der Waals surface area (Å²) >= 11 is 6.08. The summed E-state index contributed by atoms with van der Waals surface area (Å²) in [5, 5.41) is 0.788. The quantitative estimate of drug-likeness (QED) is 0.659. The van der Waals surface area contributed by atoms with Crippen LogP contribution in [0.3, 0.4) is 0 Å². The van der Waals surface area contributed by atoms with E-state index in [9.17, 15) is 0 Å². The molecule has 0 radical (unpaired) electrons. The zero-order valence-corrected chi connectivity index (χ0v) is 13.0. The maximum Gasteiger partial charge on any atom is 0.0500 e. The molecule has 0 bridgehead atoms. The fourth-order valence-electron chi connectivity index (χ4n) is 2.40. The van der Waals surface area contributed by atoms with Gasteiger partial charge >= 0.3 is 0 Å². The Kier molecular flexibility index (Phi) is 4.81. The summed E-state index contributed by atoms with van der Waals surface area (Å²) in [6.45, 7) is 6.26. The van der Waals surface area contributed by atoms with Gasteiger partial charge in [0, 0.05) is 11.1 Å². The molecule has 1 unspecified atom stereocenters. The van der Waals surface area contributed by atoms with Gasteiger partial charge in [-0.1, -0.05) is 47.5 Å². The van der Waals surface area contributed by atoms with Crippen molar-refractivity contribution >= 4 is 11.6 Å². The topological polar surface area (TPSA) is 38.0 Å². The average molecular weight is 289 g/mol. The van der Waals surface area contributed by atoms with Crippen LogP contribution in [0, 0.1) is 20.8 Å². The van der Waals surface area contributed by atoms with Crippen molar-refractivity contribution in [2.45, 2.75) is 33.2 Å². The Morgan fingerprint density at radius 3 is 2.45 bits per heavy atom. The number of benzene rings is 2. The molecule has 0 aliphatic rings. The Bertz CT molecular complexity index is 608. The molecule has 3 heteroatoms. The molecule has 2 aromatic carbocycles. The number of hydrogen-bond acceptors (Lipinski definition) is 2. The van der Waals surface area contributed by atoms with Crippen molar-refractivity contribution in [2.75, 3.05) is 0 Å². The molecule has 3 N–H and O–H groups in total. The summed E-state index contributed by atoms with van der Waals surface area (Å²) in [4.78, 5) is 0. The first kappa shape index (κ1) is 15.0. The Labute approximate surface area is 125 Å². The van der Waals surface area contributed by atoms with Gasteiger partial charge in [-0.15, -0.1) is 0 Å². The second kappa shape index (κ2) is 6.40. The lowest BCUT2D eigenvalue weighted by atomic mass is 9.94. The lowest BCUT2D eigenvalue weighted by Gasteiger charge is -2.19. The predicted molar refractivity (Wildman–Crippen MR) is 85.9 cm³/mol. The van der Waals surface area contributed by atoms with E-state index in [2.05, 4.69) is 43.5 Å². The maximum absolute atomic E-state index is 6.08. The molecule has 0 saturated carbocycles. The minimum Gasteiger partial charge on any atom is -0.271 e. The molecule has 0 amide bonds. The van der Waals surface area contributed by atoms with Gasteiger partial charge in [0.1, 0.15) is 0 Å². The van der Waals surface area contributed by atoms with Crippen molar-refractivity contribution in [3.63, 3.8) is 0 Å². The van der Waals surface area contributed by atoms with Crippen LogP contribution in [0.15, 0.2) is 36.4 Å². The van der Waals surface area contributed by atoms with Gasteiger partial charge in [-0.2, -0.15) is 0 Å². The highest BCUT2D eigenvalue weighted by Gasteiger charge is 2.13. The molecule has 0 spiro atoms. The molecule has 0 saturated heterocycles. The largest absolute Gasteiger partial charge is 0.271 e. The van der Waals surface area contributed by atoms with E-state index in [0.29, 0.717) is 0 Å². The van der Waals surface area contributed by atoms with Crippen LogP contribution in [-0.4, -0.2) is 0 Å². The Balaban J connectivity index is 2.28. The molecule has 2 nitrogen and oxygen atoms in total. The highest BCUT2D eigenvalue weighted by atomic mass is 35.5. The van der Waals surface area contributed by atoms with Crippen LogP contribution in [0.4, 0.5) is 0 Å². The zero-order valence-electron chi connectivity index (χ0n) is 12.2. The van der Waals surface area contributed by atoms with Crippen LogP contribution in [0.2, 0.25) is 5.02 Å². The predicted octanol–water partition coefficient (Wildman–Crippen LogP) is 4.01. The van der Waals surface area contributed by atoms with Crippen molar-refractivity contribution in [3.05, 3.63) is 69.2 Å². The number of nitrogens with one attached hydrogen (secondary N) is 1. The molecule has 106 valence electrons. The van der Waals surface area contributed by atoms with Crippen molar-refractivity contribution in [1.82, 2.24) is 5.43 Å². The second-order valence-corrected chi connectivity index (χ2v) is 5.77. The fraction of sp³-hybridized carbons (Fsp3) is 0.294. The smallest absolute Gasteiger partial charge is 0.0500 e. The SMILES string of the molecule is Cc1ccc(C)c(CC(NN)c2ccc(Cl)c(C)c2)c1. The maximum atomic E-state index is 6.08. The number of aryl methyl sites for hydroxylation is 3. The minimum absolute atomic E-state index is 0.0893. The molecule has 0 heterocycles. The van der Waals surface area contributed by atoms with Crippen LogP contribution in [0.25, 0.3) is 0 Å². The van der Waals surface area contributed by atoms with Gasteiger partial charge < -0.3 is 0 Å². The van der Waals surface area contributed by atoms with E-state index in [1.807, 2.05) is 19.1 Å². The van der Waals surface area contributed by atoms with E-state index < -0.39 is 0 Å². The van der Waals surface area contributed by atoms with Gasteiger partial charge in [0.15, 0.2) is 0 Å². The lowest BCUT2D eigenvalue weighted by Crippen LogP contribution is -2.29. The molecule has 0 fully saturated rings. The summed E-state index contributed by atoms with van der Waals surface area (Å²) in [6, 6.07) is 12.7. The third-order valence-corrected chi connectivity index (χ3v) is 4.14. The summed E-state index contributed by atoms with van der Waals surface area (Å²) in [5.41, 5.74) is 9.04. The summed E-state index contributed by atoms with van der Waals surface area (Å²) in [5.74, 6) is 5.75. The average Bonchev–Trinajstić information content (AvgIpc) is 2.43. The number of halogens is 1. The van der Waals surface area contributed by atoms with Crippen molar-refractivity contribution in [2.24, 2.45) is 5.84 Å². The van der Waals surface area contributed by atoms with Gasteiger partial charge in [0.25, 0.3) is 0 Å². The van der Waals surface area contributed by atoms with Gasteiger partial charge in [-0.05, 0) is 55.5 Å². The molecule has 0 aliphatic heterocycles. The van der Waals surface area contributed by atoms with E-state index in [1.54, 1.807) is 0 Å². The second-order valence-electron chi connectivity index (χ2n) is 5.36. The van der Waals surface area contributed by atoms with E-state index in [0.717, 1.165) is 22.6 Å². The van der Waals surface area contributed by atoms with Crippen molar-refractivity contribution < 1.29 is 0 Å². The summed E-state index contributed by atoms with van der Waals surface area (Å²) < 4.78 is 0. The minimum atomic E-state index is 0.0893.